The van der Waals surface area contributed by atoms with Crippen LogP contribution < -0.4 is 41.5 Å². The second-order valence-corrected chi connectivity index (χ2v) is 23.7. The van der Waals surface area contributed by atoms with Crippen LogP contribution in [0.15, 0.2) is 237 Å². The van der Waals surface area contributed by atoms with Crippen LogP contribution in [0.2, 0.25) is 0 Å². The second kappa shape index (κ2) is 14.6. The summed E-state index contributed by atoms with van der Waals surface area (Å²) in [5.41, 5.74) is 8.18. The van der Waals surface area contributed by atoms with E-state index >= 15 is 0 Å². The maximum Gasteiger partial charge on any atom is 0.180 e. The Bertz CT molecular complexity index is 3020. The van der Waals surface area contributed by atoms with Crippen molar-refractivity contribution in [2.24, 2.45) is 0 Å². The molecule has 0 bridgehead atoms. The van der Waals surface area contributed by atoms with Crippen molar-refractivity contribution in [3.05, 3.63) is 237 Å². The Morgan fingerprint density at radius 2 is 0.500 bits per heavy atom. The minimum absolute atomic E-state index is 0.652. The maximum absolute atomic E-state index is 5.41. The SMILES string of the molecule is c1ccc(-c2nc(-c3cccc([Si]4(c5ccccc5)c5ccccc5-c5ccccc54)c3)nc(-c3cccc([Si]4(c5ccccc5)c5ccccc5-c5ccccc54)c3)n2)cc1. The van der Waals surface area contributed by atoms with Gasteiger partial charge in [0.25, 0.3) is 0 Å². The van der Waals surface area contributed by atoms with E-state index in [-0.39, 0.29) is 0 Å². The van der Waals surface area contributed by atoms with Gasteiger partial charge in [-0.1, -0.05) is 237 Å². The zero-order valence-corrected chi connectivity index (χ0v) is 35.9. The fraction of sp³-hybridized carbons (Fsp3) is 0. The topological polar surface area (TPSA) is 38.7 Å². The lowest BCUT2D eigenvalue weighted by Crippen LogP contribution is -2.72. The van der Waals surface area contributed by atoms with Crippen molar-refractivity contribution in [1.29, 1.82) is 0 Å². The molecule has 1 aromatic heterocycles. The van der Waals surface area contributed by atoms with Crippen LogP contribution >= 0.6 is 0 Å². The molecule has 0 aliphatic carbocycles. The summed E-state index contributed by atoms with van der Waals surface area (Å²) >= 11 is 0. The summed E-state index contributed by atoms with van der Waals surface area (Å²) < 4.78 is 0. The van der Waals surface area contributed by atoms with Gasteiger partial charge >= 0.3 is 0 Å². The fourth-order valence-corrected chi connectivity index (χ4v) is 21.0. The number of hydrogen-bond donors (Lipinski definition) is 0. The van der Waals surface area contributed by atoms with Crippen LogP contribution in [0.4, 0.5) is 0 Å². The van der Waals surface area contributed by atoms with E-state index in [1.54, 1.807) is 0 Å². The lowest BCUT2D eigenvalue weighted by molar-refractivity contribution is 1.07. The summed E-state index contributed by atoms with van der Waals surface area (Å²) in [6, 6.07) is 86.8. The third-order valence-corrected chi connectivity index (χ3v) is 22.8. The van der Waals surface area contributed by atoms with Crippen LogP contribution in [0.5, 0.6) is 0 Å². The molecule has 0 atom stereocenters. The first-order chi connectivity index (χ1) is 30.7. The monoisotopic (exact) mass is 821 g/mol. The van der Waals surface area contributed by atoms with Gasteiger partial charge in [-0.05, 0) is 63.7 Å². The average Bonchev–Trinajstić information content (AvgIpc) is 3.84. The summed E-state index contributed by atoms with van der Waals surface area (Å²) in [7, 11) is -5.47. The van der Waals surface area contributed by atoms with E-state index < -0.39 is 16.1 Å². The summed E-state index contributed by atoms with van der Waals surface area (Å²) in [6.45, 7) is 0. The number of aromatic nitrogens is 3. The molecule has 0 saturated carbocycles. The molecule has 0 radical (unpaired) electrons. The van der Waals surface area contributed by atoms with Crippen LogP contribution in [-0.2, 0) is 0 Å². The molecule has 9 aromatic carbocycles. The number of benzene rings is 9. The van der Waals surface area contributed by atoms with Gasteiger partial charge in [-0.2, -0.15) is 0 Å². The Morgan fingerprint density at radius 1 is 0.226 bits per heavy atom. The predicted molar refractivity (Wildman–Crippen MR) is 261 cm³/mol. The molecule has 0 spiro atoms. The van der Waals surface area contributed by atoms with Crippen molar-refractivity contribution in [2.45, 2.75) is 0 Å². The summed E-state index contributed by atoms with van der Waals surface area (Å²) in [6.07, 6.45) is 0. The van der Waals surface area contributed by atoms with E-state index in [0.717, 1.165) is 16.7 Å². The van der Waals surface area contributed by atoms with Gasteiger partial charge in [0.15, 0.2) is 33.6 Å². The standard InChI is InChI=1S/C57H39N3Si2/c1-4-20-40(21-5-1)55-58-56(41-22-18-28-45(38-41)61(43-24-6-2-7-25-43)51-34-14-10-30-47(51)48-31-11-15-35-52(48)61)60-57(59-55)42-23-19-29-46(39-42)62(44-26-8-3-9-27-44)53-36-16-12-32-49(53)50-33-13-17-37-54(50)62/h1-39H. The normalized spacial score (nSPS) is 13.7. The zero-order chi connectivity index (χ0) is 41.1. The Morgan fingerprint density at radius 3 is 0.871 bits per heavy atom. The molecule has 2 aliphatic heterocycles. The van der Waals surface area contributed by atoms with Crippen LogP contribution in [0, 0.1) is 0 Å². The highest BCUT2D eigenvalue weighted by Crippen LogP contribution is 2.32. The molecule has 12 rings (SSSR count). The Kier molecular flexibility index (Phi) is 8.52. The number of hydrogen-bond acceptors (Lipinski definition) is 3. The van der Waals surface area contributed by atoms with E-state index in [0.29, 0.717) is 17.5 Å². The van der Waals surface area contributed by atoms with Gasteiger partial charge < -0.3 is 0 Å². The third kappa shape index (κ3) is 5.39. The van der Waals surface area contributed by atoms with Gasteiger partial charge in [0.1, 0.15) is 0 Å². The first-order valence-corrected chi connectivity index (χ1v) is 25.3. The van der Waals surface area contributed by atoms with E-state index in [1.165, 1.54) is 63.7 Å². The van der Waals surface area contributed by atoms with Gasteiger partial charge in [-0.3, -0.25) is 0 Å². The van der Waals surface area contributed by atoms with E-state index in [1.807, 2.05) is 18.2 Å². The minimum atomic E-state index is -2.73. The molecule has 290 valence electrons. The molecule has 0 unspecified atom stereocenters. The molecule has 0 fully saturated rings. The molecule has 0 saturated heterocycles. The highest BCUT2D eigenvalue weighted by Gasteiger charge is 2.50. The van der Waals surface area contributed by atoms with Crippen LogP contribution in [-0.4, -0.2) is 31.1 Å². The van der Waals surface area contributed by atoms with Crippen molar-refractivity contribution in [3.63, 3.8) is 0 Å². The largest absolute Gasteiger partial charge is 0.208 e. The molecular weight excluding hydrogens is 783 g/mol. The smallest absolute Gasteiger partial charge is 0.180 e. The lowest BCUT2D eigenvalue weighted by atomic mass is 10.1. The summed E-state index contributed by atoms with van der Waals surface area (Å²) in [5, 5.41) is 11.0. The quantitative estimate of drug-likeness (QED) is 0.156. The van der Waals surface area contributed by atoms with Gasteiger partial charge in [0, 0.05) is 16.7 Å². The van der Waals surface area contributed by atoms with Crippen molar-refractivity contribution >= 4 is 57.6 Å². The predicted octanol–water partition coefficient (Wildman–Crippen LogP) is 7.59. The molecule has 3 heterocycles. The molecule has 62 heavy (non-hydrogen) atoms. The number of fused-ring (bicyclic) bond motifs is 6. The number of rotatable bonds is 7. The van der Waals surface area contributed by atoms with E-state index in [9.17, 15) is 0 Å². The molecule has 0 amide bonds. The van der Waals surface area contributed by atoms with Crippen LogP contribution in [0.1, 0.15) is 0 Å². The van der Waals surface area contributed by atoms with Gasteiger partial charge in [0.05, 0.1) is 0 Å². The van der Waals surface area contributed by atoms with Gasteiger partial charge in [-0.15, -0.1) is 0 Å². The zero-order valence-electron chi connectivity index (χ0n) is 33.9. The Labute approximate surface area is 363 Å². The van der Waals surface area contributed by atoms with Crippen LogP contribution in [0.25, 0.3) is 56.4 Å². The summed E-state index contributed by atoms with van der Waals surface area (Å²) in [4.78, 5) is 16.0. The van der Waals surface area contributed by atoms with Crippen LogP contribution in [0.3, 0.4) is 0 Å². The van der Waals surface area contributed by atoms with Crippen molar-refractivity contribution in [2.75, 3.05) is 0 Å². The molecule has 3 nitrogen and oxygen atoms in total. The number of nitrogens with zero attached hydrogens (tertiary/aromatic N) is 3. The first kappa shape index (κ1) is 36.3. The van der Waals surface area contributed by atoms with Crippen molar-refractivity contribution in [3.8, 4) is 56.4 Å². The van der Waals surface area contributed by atoms with E-state index in [2.05, 4.69) is 218 Å². The second-order valence-electron chi connectivity index (χ2n) is 16.2. The molecule has 5 heteroatoms. The van der Waals surface area contributed by atoms with Gasteiger partial charge in [0.2, 0.25) is 0 Å². The highest BCUT2D eigenvalue weighted by atomic mass is 28.3. The first-order valence-electron chi connectivity index (χ1n) is 21.3. The third-order valence-electron chi connectivity index (χ3n) is 13.1. The summed E-state index contributed by atoms with van der Waals surface area (Å²) in [5.74, 6) is 1.97. The molecular formula is C57H39N3Si2. The van der Waals surface area contributed by atoms with E-state index in [4.69, 9.17) is 15.0 Å². The van der Waals surface area contributed by atoms with Gasteiger partial charge in [-0.25, -0.2) is 15.0 Å². The molecule has 0 N–H and O–H groups in total. The van der Waals surface area contributed by atoms with Crippen molar-refractivity contribution < 1.29 is 0 Å². The molecule has 2 aliphatic rings. The minimum Gasteiger partial charge on any atom is -0.208 e. The molecule has 10 aromatic rings. The Balaban J connectivity index is 1.07. The average molecular weight is 822 g/mol. The fourth-order valence-electron chi connectivity index (χ4n) is 10.6. The maximum atomic E-state index is 5.41. The van der Waals surface area contributed by atoms with Crippen molar-refractivity contribution in [1.82, 2.24) is 15.0 Å². The highest BCUT2D eigenvalue weighted by molar-refractivity contribution is 7.23. The Hall–Kier alpha value is -7.58. The lowest BCUT2D eigenvalue weighted by Gasteiger charge is -2.31.